The summed E-state index contributed by atoms with van der Waals surface area (Å²) in [5.74, 6) is 1.07. The smallest absolute Gasteiger partial charge is 0.259 e. The molecule has 3 rings (SSSR count). The molecular weight excluding hydrogens is 352 g/mol. The summed E-state index contributed by atoms with van der Waals surface area (Å²) >= 11 is 1.45. The second-order valence-electron chi connectivity index (χ2n) is 5.86. The quantitative estimate of drug-likeness (QED) is 0.748. The summed E-state index contributed by atoms with van der Waals surface area (Å²) in [7, 11) is 4.84. The molecule has 0 bridgehead atoms. The van der Waals surface area contributed by atoms with Gasteiger partial charge in [-0.25, -0.2) is 0 Å². The van der Waals surface area contributed by atoms with Gasteiger partial charge in [-0.2, -0.15) is 0 Å². The minimum absolute atomic E-state index is 0.170. The van der Waals surface area contributed by atoms with Crippen molar-refractivity contribution < 1.29 is 14.3 Å². The number of fused-ring (bicyclic) bond motifs is 1. The van der Waals surface area contributed by atoms with Gasteiger partial charge >= 0.3 is 0 Å². The Labute approximate surface area is 155 Å². The van der Waals surface area contributed by atoms with Crippen LogP contribution in [0.1, 0.15) is 20.8 Å². The minimum atomic E-state index is -0.276. The van der Waals surface area contributed by atoms with E-state index in [1.165, 1.54) is 15.9 Å². The lowest BCUT2D eigenvalue weighted by Crippen LogP contribution is -2.25. The first-order chi connectivity index (χ1) is 12.5. The first-order valence-corrected chi connectivity index (χ1v) is 8.85. The first kappa shape index (κ1) is 18.0. The molecule has 2 aromatic heterocycles. The van der Waals surface area contributed by atoms with Gasteiger partial charge in [0.05, 0.1) is 25.2 Å². The molecule has 2 heterocycles. The molecule has 0 aliphatic heterocycles. The van der Waals surface area contributed by atoms with Crippen LogP contribution in [0.2, 0.25) is 0 Å². The summed E-state index contributed by atoms with van der Waals surface area (Å²) in [6.45, 7) is 2.12. The number of benzene rings is 1. The van der Waals surface area contributed by atoms with Crippen LogP contribution in [0.5, 0.6) is 11.5 Å². The molecule has 0 spiro atoms. The summed E-state index contributed by atoms with van der Waals surface area (Å²) in [5, 5.41) is 3.36. The molecule has 6 nitrogen and oxygen atoms in total. The summed E-state index contributed by atoms with van der Waals surface area (Å²) in [5.41, 5.74) is 1.06. The number of pyridine rings is 1. The van der Waals surface area contributed by atoms with E-state index >= 15 is 0 Å². The van der Waals surface area contributed by atoms with Crippen LogP contribution in [0.25, 0.3) is 10.1 Å². The lowest BCUT2D eigenvalue weighted by Gasteiger charge is -2.11. The fourth-order valence-electron chi connectivity index (χ4n) is 2.88. The third-order valence-electron chi connectivity index (χ3n) is 4.25. The van der Waals surface area contributed by atoms with Gasteiger partial charge in [0, 0.05) is 34.9 Å². The van der Waals surface area contributed by atoms with Crippen LogP contribution in [-0.2, 0) is 13.6 Å². The Morgan fingerprint density at radius 1 is 1.23 bits per heavy atom. The zero-order chi connectivity index (χ0) is 18.8. The van der Waals surface area contributed by atoms with Gasteiger partial charge in [-0.05, 0) is 31.2 Å². The van der Waals surface area contributed by atoms with E-state index in [-0.39, 0.29) is 18.0 Å². The number of nitrogens with zero attached hydrogens (tertiary/aromatic N) is 1. The van der Waals surface area contributed by atoms with Gasteiger partial charge < -0.3 is 19.4 Å². The molecule has 0 aliphatic rings. The van der Waals surface area contributed by atoms with Gasteiger partial charge in [0.15, 0.2) is 0 Å². The molecule has 1 aromatic carbocycles. The number of carbonyl (C=O) groups is 1. The molecular formula is C19H20N2O4S. The van der Waals surface area contributed by atoms with Gasteiger partial charge in [-0.3, -0.25) is 9.59 Å². The zero-order valence-electron chi connectivity index (χ0n) is 15.1. The maximum absolute atomic E-state index is 12.8. The molecule has 1 amide bonds. The Balaban J connectivity index is 1.93. The average Bonchev–Trinajstić information content (AvgIpc) is 2.99. The van der Waals surface area contributed by atoms with Crippen LogP contribution >= 0.6 is 11.3 Å². The maximum Gasteiger partial charge on any atom is 0.259 e. The van der Waals surface area contributed by atoms with Crippen LogP contribution in [-0.4, -0.2) is 24.7 Å². The molecule has 1 N–H and O–H groups in total. The van der Waals surface area contributed by atoms with Crippen LogP contribution in [0.15, 0.2) is 35.3 Å². The van der Waals surface area contributed by atoms with Gasteiger partial charge in [-0.15, -0.1) is 11.3 Å². The van der Waals surface area contributed by atoms with Crippen molar-refractivity contribution in [2.24, 2.45) is 7.05 Å². The highest BCUT2D eigenvalue weighted by Gasteiger charge is 2.20. The van der Waals surface area contributed by atoms with Gasteiger partial charge in [0.2, 0.25) is 0 Å². The van der Waals surface area contributed by atoms with Crippen LogP contribution in [0.3, 0.4) is 0 Å². The van der Waals surface area contributed by atoms with Crippen molar-refractivity contribution in [1.29, 1.82) is 0 Å². The zero-order valence-corrected chi connectivity index (χ0v) is 15.9. The number of methoxy groups -OCH3 is 2. The van der Waals surface area contributed by atoms with Crippen molar-refractivity contribution in [3.05, 3.63) is 56.8 Å². The standard InChI is InChI=1S/C19H20N2O4S/c1-11-16(17-15(26-11)7-8-21(2)19(17)23)18(22)20-10-12-9-13(24-3)5-6-14(12)25-4/h5-9H,10H2,1-4H3,(H,20,22). The number of hydrogen-bond donors (Lipinski definition) is 1. The van der Waals surface area contributed by atoms with Crippen LogP contribution < -0.4 is 20.3 Å². The molecule has 7 heteroatoms. The van der Waals surface area contributed by atoms with Crippen molar-refractivity contribution >= 4 is 27.3 Å². The highest BCUT2D eigenvalue weighted by Crippen LogP contribution is 2.29. The molecule has 0 saturated heterocycles. The number of amides is 1. The number of hydrogen-bond acceptors (Lipinski definition) is 5. The van der Waals surface area contributed by atoms with Crippen molar-refractivity contribution in [1.82, 2.24) is 9.88 Å². The fraction of sp³-hybridized carbons (Fsp3) is 0.263. The van der Waals surface area contributed by atoms with Crippen molar-refractivity contribution in [3.8, 4) is 11.5 Å². The van der Waals surface area contributed by atoms with E-state index in [0.717, 1.165) is 15.1 Å². The average molecular weight is 372 g/mol. The predicted octanol–water partition coefficient (Wildman–Crippen LogP) is 2.86. The Morgan fingerprint density at radius 3 is 2.69 bits per heavy atom. The van der Waals surface area contributed by atoms with Crippen LogP contribution in [0.4, 0.5) is 0 Å². The summed E-state index contributed by atoms with van der Waals surface area (Å²) < 4.78 is 12.9. The number of rotatable bonds is 5. The normalized spacial score (nSPS) is 10.8. The van der Waals surface area contributed by atoms with E-state index < -0.39 is 0 Å². The predicted molar refractivity (Wildman–Crippen MR) is 103 cm³/mol. The number of carbonyl (C=O) groups excluding carboxylic acids is 1. The third-order valence-corrected chi connectivity index (χ3v) is 5.32. The second-order valence-corrected chi connectivity index (χ2v) is 7.12. The SMILES string of the molecule is COc1ccc(OC)c(CNC(=O)c2c(C)sc3ccn(C)c(=O)c23)c1. The van der Waals surface area contributed by atoms with E-state index in [2.05, 4.69) is 5.32 Å². The second kappa shape index (κ2) is 7.21. The number of aryl methyl sites for hydroxylation is 2. The summed E-state index contributed by atoms with van der Waals surface area (Å²) in [6.07, 6.45) is 1.71. The van der Waals surface area contributed by atoms with E-state index in [0.29, 0.717) is 22.4 Å². The van der Waals surface area contributed by atoms with Gasteiger partial charge in [-0.1, -0.05) is 0 Å². The van der Waals surface area contributed by atoms with E-state index in [4.69, 9.17) is 9.47 Å². The largest absolute Gasteiger partial charge is 0.497 e. The van der Waals surface area contributed by atoms with Crippen molar-refractivity contribution in [2.75, 3.05) is 14.2 Å². The summed E-state index contributed by atoms with van der Waals surface area (Å²) in [6, 6.07) is 7.26. The monoisotopic (exact) mass is 372 g/mol. The lowest BCUT2D eigenvalue weighted by atomic mass is 10.1. The Morgan fingerprint density at radius 2 is 2.00 bits per heavy atom. The van der Waals surface area contributed by atoms with E-state index in [1.54, 1.807) is 39.6 Å². The van der Waals surface area contributed by atoms with E-state index in [1.807, 2.05) is 19.1 Å². The molecule has 0 atom stereocenters. The molecule has 0 aliphatic carbocycles. The Bertz CT molecular complexity index is 1040. The molecule has 0 unspecified atom stereocenters. The number of ether oxygens (including phenoxy) is 2. The molecule has 0 saturated carbocycles. The third kappa shape index (κ3) is 3.17. The number of aromatic nitrogens is 1. The molecule has 26 heavy (non-hydrogen) atoms. The van der Waals surface area contributed by atoms with Crippen LogP contribution in [0, 0.1) is 6.92 Å². The minimum Gasteiger partial charge on any atom is -0.497 e. The highest BCUT2D eigenvalue weighted by molar-refractivity contribution is 7.19. The number of nitrogens with one attached hydrogen (secondary N) is 1. The van der Waals surface area contributed by atoms with Gasteiger partial charge in [0.25, 0.3) is 11.5 Å². The molecule has 136 valence electrons. The topological polar surface area (TPSA) is 69.6 Å². The Kier molecular flexibility index (Phi) is 4.99. The maximum atomic E-state index is 12.8. The van der Waals surface area contributed by atoms with E-state index in [9.17, 15) is 9.59 Å². The first-order valence-electron chi connectivity index (χ1n) is 8.04. The molecule has 0 fully saturated rings. The van der Waals surface area contributed by atoms with Crippen molar-refractivity contribution in [2.45, 2.75) is 13.5 Å². The lowest BCUT2D eigenvalue weighted by molar-refractivity contribution is 0.0952. The number of thiophene rings is 1. The van der Waals surface area contributed by atoms with Crippen molar-refractivity contribution in [3.63, 3.8) is 0 Å². The van der Waals surface area contributed by atoms with Gasteiger partial charge in [0.1, 0.15) is 11.5 Å². The summed E-state index contributed by atoms with van der Waals surface area (Å²) in [4.78, 5) is 26.1. The highest BCUT2D eigenvalue weighted by atomic mass is 32.1. The fourth-order valence-corrected chi connectivity index (χ4v) is 3.92. The molecule has 3 aromatic rings. The Hall–Kier alpha value is -2.80. The molecule has 0 radical (unpaired) electrons.